The minimum atomic E-state index is -2.58. The zero-order chi connectivity index (χ0) is 13.4. The van der Waals surface area contributed by atoms with Crippen LogP contribution in [0.1, 0.15) is 37.1 Å². The van der Waals surface area contributed by atoms with Gasteiger partial charge in [-0.15, -0.1) is 0 Å². The molecule has 100 valence electrons. The van der Waals surface area contributed by atoms with E-state index in [2.05, 4.69) is 9.97 Å². The van der Waals surface area contributed by atoms with Gasteiger partial charge in [-0.3, -0.25) is 0 Å². The number of hydrogen-bond acceptors (Lipinski definition) is 3. The van der Waals surface area contributed by atoms with E-state index in [1.165, 1.54) is 0 Å². The summed E-state index contributed by atoms with van der Waals surface area (Å²) in [5.74, 6) is -2.58. The molecule has 0 radical (unpaired) electrons. The number of aromatic nitrogens is 2. The summed E-state index contributed by atoms with van der Waals surface area (Å²) >= 11 is 5.83. The van der Waals surface area contributed by atoms with Crippen molar-refractivity contribution in [1.29, 1.82) is 0 Å². The second kappa shape index (κ2) is 4.70. The van der Waals surface area contributed by atoms with E-state index in [0.717, 1.165) is 5.69 Å². The van der Waals surface area contributed by atoms with Crippen LogP contribution < -0.4 is 5.73 Å². The quantitative estimate of drug-likeness (QED) is 0.845. The summed E-state index contributed by atoms with van der Waals surface area (Å²) in [6.45, 7) is 2.11. The average Bonchev–Trinajstić information content (AvgIpc) is 2.28. The van der Waals surface area contributed by atoms with Crippen molar-refractivity contribution in [1.82, 2.24) is 9.97 Å². The number of nitrogens with zero attached hydrogens (tertiary/aromatic N) is 2. The standard InChI is InChI=1S/C12H16ClF2N3/c1-8-6-9(18-10(13)17-8)11(7-16)2-4-12(14,15)5-3-11/h6H,2-5,7,16H2,1H3. The molecule has 0 aromatic carbocycles. The van der Waals surface area contributed by atoms with E-state index in [0.29, 0.717) is 25.1 Å². The fraction of sp³-hybridized carbons (Fsp3) is 0.667. The van der Waals surface area contributed by atoms with Gasteiger partial charge in [0.05, 0.1) is 5.69 Å². The molecule has 0 bridgehead atoms. The lowest BCUT2D eigenvalue weighted by Gasteiger charge is -2.38. The highest BCUT2D eigenvalue weighted by molar-refractivity contribution is 6.28. The molecule has 1 heterocycles. The van der Waals surface area contributed by atoms with Crippen LogP contribution in [0.25, 0.3) is 0 Å². The summed E-state index contributed by atoms with van der Waals surface area (Å²) < 4.78 is 26.5. The Labute approximate surface area is 110 Å². The molecule has 6 heteroatoms. The Morgan fingerprint density at radius 1 is 1.28 bits per heavy atom. The van der Waals surface area contributed by atoms with Crippen molar-refractivity contribution in [2.45, 2.75) is 43.9 Å². The largest absolute Gasteiger partial charge is 0.330 e. The van der Waals surface area contributed by atoms with Crippen LogP contribution in [0.4, 0.5) is 8.78 Å². The third-order valence-electron chi connectivity index (χ3n) is 3.70. The van der Waals surface area contributed by atoms with E-state index >= 15 is 0 Å². The van der Waals surface area contributed by atoms with Gasteiger partial charge in [-0.1, -0.05) is 0 Å². The fourth-order valence-electron chi connectivity index (χ4n) is 2.46. The van der Waals surface area contributed by atoms with Gasteiger partial charge >= 0.3 is 0 Å². The third-order valence-corrected chi connectivity index (χ3v) is 3.87. The van der Waals surface area contributed by atoms with Gasteiger partial charge in [-0.2, -0.15) is 0 Å². The number of alkyl halides is 2. The van der Waals surface area contributed by atoms with Crippen LogP contribution in [0, 0.1) is 6.92 Å². The van der Waals surface area contributed by atoms with Crippen molar-refractivity contribution in [3.63, 3.8) is 0 Å². The third kappa shape index (κ3) is 2.62. The maximum Gasteiger partial charge on any atom is 0.248 e. The van der Waals surface area contributed by atoms with E-state index < -0.39 is 11.3 Å². The molecule has 1 aliphatic rings. The molecule has 0 atom stereocenters. The molecule has 1 aliphatic carbocycles. The normalized spacial score (nSPS) is 21.8. The summed E-state index contributed by atoms with van der Waals surface area (Å²) in [5, 5.41) is 0.148. The fourth-order valence-corrected chi connectivity index (χ4v) is 2.69. The molecule has 0 aliphatic heterocycles. The first-order chi connectivity index (χ1) is 8.37. The van der Waals surface area contributed by atoms with E-state index in [-0.39, 0.29) is 18.1 Å². The minimum Gasteiger partial charge on any atom is -0.330 e. The van der Waals surface area contributed by atoms with E-state index in [1.807, 2.05) is 0 Å². The second-order valence-electron chi connectivity index (χ2n) is 5.00. The molecule has 3 nitrogen and oxygen atoms in total. The van der Waals surface area contributed by atoms with Gasteiger partial charge in [0, 0.05) is 30.5 Å². The van der Waals surface area contributed by atoms with E-state index in [9.17, 15) is 8.78 Å². The molecule has 1 fully saturated rings. The Bertz CT molecular complexity index is 421. The molecule has 18 heavy (non-hydrogen) atoms. The highest BCUT2D eigenvalue weighted by Crippen LogP contribution is 2.44. The van der Waals surface area contributed by atoms with Crippen LogP contribution in [-0.4, -0.2) is 22.4 Å². The summed E-state index contributed by atoms with van der Waals surface area (Å²) in [5.41, 5.74) is 6.75. The van der Waals surface area contributed by atoms with Crippen molar-refractivity contribution in [2.24, 2.45) is 5.73 Å². The predicted octanol–water partition coefficient (Wildman–Crippen LogP) is 2.84. The van der Waals surface area contributed by atoms with Crippen LogP contribution >= 0.6 is 11.6 Å². The number of halogens is 3. The van der Waals surface area contributed by atoms with Gasteiger partial charge < -0.3 is 5.73 Å². The molecule has 0 unspecified atom stereocenters. The molecule has 2 N–H and O–H groups in total. The average molecular weight is 276 g/mol. The minimum absolute atomic E-state index is 0.148. The van der Waals surface area contributed by atoms with Gasteiger partial charge in [-0.05, 0) is 37.4 Å². The maximum absolute atomic E-state index is 13.3. The Morgan fingerprint density at radius 2 is 1.89 bits per heavy atom. The van der Waals surface area contributed by atoms with Gasteiger partial charge in [-0.25, -0.2) is 18.7 Å². The highest BCUT2D eigenvalue weighted by Gasteiger charge is 2.44. The van der Waals surface area contributed by atoms with Crippen LogP contribution in [0.5, 0.6) is 0 Å². The highest BCUT2D eigenvalue weighted by atomic mass is 35.5. The molecule has 2 rings (SSSR count). The van der Waals surface area contributed by atoms with Crippen molar-refractivity contribution < 1.29 is 8.78 Å². The molecule has 1 aromatic heterocycles. The SMILES string of the molecule is Cc1cc(C2(CN)CCC(F)(F)CC2)nc(Cl)n1. The van der Waals surface area contributed by atoms with Gasteiger partial charge in [0.2, 0.25) is 11.2 Å². The molecule has 0 saturated heterocycles. The number of nitrogens with two attached hydrogens (primary N) is 1. The van der Waals surface area contributed by atoms with E-state index in [4.69, 9.17) is 17.3 Å². The van der Waals surface area contributed by atoms with Crippen molar-refractivity contribution in [3.05, 3.63) is 22.7 Å². The maximum atomic E-state index is 13.3. The Balaban J connectivity index is 2.33. The van der Waals surface area contributed by atoms with Crippen molar-refractivity contribution >= 4 is 11.6 Å². The number of rotatable bonds is 2. The van der Waals surface area contributed by atoms with Gasteiger partial charge in [0.15, 0.2) is 0 Å². The summed E-state index contributed by atoms with van der Waals surface area (Å²) in [6, 6.07) is 1.79. The lowest BCUT2D eigenvalue weighted by molar-refractivity contribution is -0.0514. The smallest absolute Gasteiger partial charge is 0.248 e. The molecule has 0 amide bonds. The van der Waals surface area contributed by atoms with Crippen LogP contribution in [-0.2, 0) is 5.41 Å². The molecule has 1 aromatic rings. The first kappa shape index (κ1) is 13.6. The molecular weight excluding hydrogens is 260 g/mol. The first-order valence-corrected chi connectivity index (χ1v) is 6.34. The van der Waals surface area contributed by atoms with Crippen molar-refractivity contribution in [2.75, 3.05) is 6.54 Å². The Hall–Kier alpha value is -0.810. The van der Waals surface area contributed by atoms with Crippen LogP contribution in [0.2, 0.25) is 5.28 Å². The predicted molar refractivity (Wildman–Crippen MR) is 65.9 cm³/mol. The van der Waals surface area contributed by atoms with Crippen molar-refractivity contribution in [3.8, 4) is 0 Å². The summed E-state index contributed by atoms with van der Waals surface area (Å²) in [6.07, 6.45) is 0.377. The number of hydrogen-bond donors (Lipinski definition) is 1. The number of aryl methyl sites for hydroxylation is 1. The Kier molecular flexibility index (Phi) is 3.56. The summed E-state index contributed by atoms with van der Waals surface area (Å²) in [7, 11) is 0. The summed E-state index contributed by atoms with van der Waals surface area (Å²) in [4.78, 5) is 8.17. The second-order valence-corrected chi connectivity index (χ2v) is 5.34. The van der Waals surface area contributed by atoms with Crippen LogP contribution in [0.3, 0.4) is 0 Å². The molecule has 1 saturated carbocycles. The first-order valence-electron chi connectivity index (χ1n) is 5.96. The molecular formula is C12H16ClF2N3. The lowest BCUT2D eigenvalue weighted by atomic mass is 9.70. The van der Waals surface area contributed by atoms with Gasteiger partial charge in [0.1, 0.15) is 0 Å². The monoisotopic (exact) mass is 275 g/mol. The molecule has 0 spiro atoms. The van der Waals surface area contributed by atoms with E-state index in [1.54, 1.807) is 13.0 Å². The van der Waals surface area contributed by atoms with Crippen LogP contribution in [0.15, 0.2) is 6.07 Å². The topological polar surface area (TPSA) is 51.8 Å². The van der Waals surface area contributed by atoms with Gasteiger partial charge in [0.25, 0.3) is 0 Å². The Morgan fingerprint density at radius 3 is 2.39 bits per heavy atom. The zero-order valence-electron chi connectivity index (χ0n) is 10.2. The lowest BCUT2D eigenvalue weighted by Crippen LogP contribution is -2.42. The zero-order valence-corrected chi connectivity index (χ0v) is 11.0.